The minimum atomic E-state index is -0.103. The number of benzene rings is 1. The van der Waals surface area contributed by atoms with E-state index < -0.39 is 0 Å². The van der Waals surface area contributed by atoms with Crippen molar-refractivity contribution in [1.29, 1.82) is 0 Å². The lowest BCUT2D eigenvalue weighted by atomic mass is 10.1. The van der Waals surface area contributed by atoms with Gasteiger partial charge in [-0.2, -0.15) is 0 Å². The molecule has 158 valence electrons. The number of anilines is 1. The normalized spacial score (nSPS) is 16.4. The highest BCUT2D eigenvalue weighted by atomic mass is 127. The van der Waals surface area contributed by atoms with E-state index in [1.165, 1.54) is 5.56 Å². The van der Waals surface area contributed by atoms with Crippen LogP contribution in [0, 0.1) is 5.92 Å². The molecule has 0 aromatic heterocycles. The second-order valence-corrected chi connectivity index (χ2v) is 6.61. The molecule has 1 saturated heterocycles. The molecule has 28 heavy (non-hydrogen) atoms. The maximum atomic E-state index is 12.1. The van der Waals surface area contributed by atoms with Crippen LogP contribution in [0.5, 0.6) is 0 Å². The topological polar surface area (TPSA) is 84.0 Å². The molecule has 0 aliphatic carbocycles. The lowest BCUT2D eigenvalue weighted by molar-refractivity contribution is -0.115. The molecule has 0 radical (unpaired) electrons. The Morgan fingerprint density at radius 2 is 2.21 bits per heavy atom. The number of carbonyl (C=O) groups is 1. The van der Waals surface area contributed by atoms with E-state index in [9.17, 15) is 4.79 Å². The van der Waals surface area contributed by atoms with E-state index in [1.807, 2.05) is 24.3 Å². The van der Waals surface area contributed by atoms with E-state index in [1.54, 1.807) is 7.05 Å². The van der Waals surface area contributed by atoms with Gasteiger partial charge in [0.25, 0.3) is 0 Å². The van der Waals surface area contributed by atoms with Crippen molar-refractivity contribution in [3.63, 3.8) is 0 Å². The fourth-order valence-corrected chi connectivity index (χ4v) is 2.80. The van der Waals surface area contributed by atoms with E-state index in [0.29, 0.717) is 18.5 Å². The largest absolute Gasteiger partial charge is 0.381 e. The summed E-state index contributed by atoms with van der Waals surface area (Å²) in [5.74, 6) is 1.05. The Labute approximate surface area is 185 Å². The molecule has 1 amide bonds. The number of carbonyl (C=O) groups excluding carboxylic acids is 1. The molecule has 1 heterocycles. The van der Waals surface area contributed by atoms with Crippen molar-refractivity contribution in [2.24, 2.45) is 10.9 Å². The summed E-state index contributed by atoms with van der Waals surface area (Å²) in [5, 5.41) is 9.11. The van der Waals surface area contributed by atoms with Gasteiger partial charge in [-0.25, -0.2) is 0 Å². The highest BCUT2D eigenvalue weighted by Gasteiger charge is 2.15. The van der Waals surface area contributed by atoms with Crippen molar-refractivity contribution in [2.75, 3.05) is 51.9 Å². The minimum Gasteiger partial charge on any atom is -0.381 e. The van der Waals surface area contributed by atoms with Crippen LogP contribution in [0.2, 0.25) is 0 Å². The smallest absolute Gasteiger partial charge is 0.243 e. The summed E-state index contributed by atoms with van der Waals surface area (Å²) in [6.07, 6.45) is 2.92. The molecule has 0 saturated carbocycles. The first-order chi connectivity index (χ1) is 13.2. The van der Waals surface area contributed by atoms with Crippen LogP contribution in [0.4, 0.5) is 5.69 Å². The fraction of sp³-hybridized carbons (Fsp3) is 0.600. The Morgan fingerprint density at radius 3 is 2.93 bits per heavy atom. The second kappa shape index (κ2) is 14.6. The Morgan fingerprint density at radius 1 is 1.36 bits per heavy atom. The van der Waals surface area contributed by atoms with Gasteiger partial charge >= 0.3 is 0 Å². The van der Waals surface area contributed by atoms with Gasteiger partial charge in [-0.1, -0.05) is 19.1 Å². The Balaban J connectivity index is 0.00000392. The SMILES string of the molecule is CCc1cccc(NC(=O)CNC(=NC)NCCCOCC2CCOC2)c1.I. The number of rotatable bonds is 10. The standard InChI is InChI=1S/C20H32N4O3.HI/c1-3-16-6-4-7-18(12-16)24-19(25)13-23-20(21-2)22-9-5-10-26-14-17-8-11-27-15-17;/h4,6-7,12,17H,3,5,8-11,13-15H2,1-2H3,(H,24,25)(H2,21,22,23);1H. The first-order valence-electron chi connectivity index (χ1n) is 9.70. The summed E-state index contributed by atoms with van der Waals surface area (Å²) >= 11 is 0. The molecule has 2 rings (SSSR count). The molecule has 1 atom stereocenters. The molecule has 1 unspecified atom stereocenters. The highest BCUT2D eigenvalue weighted by Crippen LogP contribution is 2.12. The molecule has 1 fully saturated rings. The van der Waals surface area contributed by atoms with Crippen LogP contribution in [0.1, 0.15) is 25.3 Å². The molecule has 1 aliphatic rings. The summed E-state index contributed by atoms with van der Waals surface area (Å²) in [6, 6.07) is 7.87. The quantitative estimate of drug-likeness (QED) is 0.197. The zero-order valence-electron chi connectivity index (χ0n) is 16.8. The number of nitrogens with zero attached hydrogens (tertiary/aromatic N) is 1. The summed E-state index contributed by atoms with van der Waals surface area (Å²) < 4.78 is 11.0. The molecule has 1 aliphatic heterocycles. The number of guanidine groups is 1. The van der Waals surface area contributed by atoms with E-state index in [-0.39, 0.29) is 36.4 Å². The summed E-state index contributed by atoms with van der Waals surface area (Å²) in [5.41, 5.74) is 2.01. The zero-order valence-corrected chi connectivity index (χ0v) is 19.2. The van der Waals surface area contributed by atoms with Crippen LogP contribution >= 0.6 is 24.0 Å². The van der Waals surface area contributed by atoms with Crippen LogP contribution in [-0.2, 0) is 20.7 Å². The van der Waals surface area contributed by atoms with Gasteiger partial charge in [-0.05, 0) is 37.0 Å². The molecule has 1 aromatic carbocycles. The van der Waals surface area contributed by atoms with Crippen LogP contribution in [0.25, 0.3) is 0 Å². The van der Waals surface area contributed by atoms with Crippen LogP contribution in [0.3, 0.4) is 0 Å². The summed E-state index contributed by atoms with van der Waals surface area (Å²) in [7, 11) is 1.69. The van der Waals surface area contributed by atoms with E-state index in [0.717, 1.165) is 51.3 Å². The average molecular weight is 504 g/mol. The van der Waals surface area contributed by atoms with E-state index >= 15 is 0 Å². The Kier molecular flexibility index (Phi) is 12.8. The predicted molar refractivity (Wildman–Crippen MR) is 124 cm³/mol. The molecule has 7 nitrogen and oxygen atoms in total. The molecule has 0 spiro atoms. The van der Waals surface area contributed by atoms with Crippen molar-refractivity contribution in [2.45, 2.75) is 26.2 Å². The van der Waals surface area contributed by atoms with Crippen LogP contribution < -0.4 is 16.0 Å². The Hall–Kier alpha value is -1.39. The fourth-order valence-electron chi connectivity index (χ4n) is 2.80. The van der Waals surface area contributed by atoms with Gasteiger partial charge in [-0.3, -0.25) is 9.79 Å². The van der Waals surface area contributed by atoms with Gasteiger partial charge in [0.1, 0.15) is 0 Å². The first kappa shape index (κ1) is 24.6. The second-order valence-electron chi connectivity index (χ2n) is 6.61. The van der Waals surface area contributed by atoms with Gasteiger partial charge in [0, 0.05) is 38.4 Å². The van der Waals surface area contributed by atoms with Gasteiger partial charge < -0.3 is 25.4 Å². The maximum absolute atomic E-state index is 12.1. The number of nitrogens with one attached hydrogen (secondary N) is 3. The summed E-state index contributed by atoms with van der Waals surface area (Å²) in [6.45, 7) is 6.14. The number of ether oxygens (including phenoxy) is 2. The van der Waals surface area contributed by atoms with Gasteiger partial charge in [-0.15, -0.1) is 24.0 Å². The molecule has 8 heteroatoms. The number of aryl methyl sites for hydroxylation is 1. The van der Waals surface area contributed by atoms with Gasteiger partial charge in [0.2, 0.25) is 5.91 Å². The third-order valence-corrected chi connectivity index (χ3v) is 4.39. The number of halogens is 1. The number of amides is 1. The lowest BCUT2D eigenvalue weighted by Crippen LogP contribution is -2.41. The van der Waals surface area contributed by atoms with Crippen LogP contribution in [-0.4, -0.2) is 58.4 Å². The maximum Gasteiger partial charge on any atom is 0.243 e. The lowest BCUT2D eigenvalue weighted by Gasteiger charge is -2.13. The number of aliphatic imine (C=N–C) groups is 1. The number of hydrogen-bond acceptors (Lipinski definition) is 4. The van der Waals surface area contributed by atoms with Gasteiger partial charge in [0.05, 0.1) is 19.8 Å². The Bertz CT molecular complexity index is 607. The van der Waals surface area contributed by atoms with Crippen molar-refractivity contribution in [3.8, 4) is 0 Å². The molecule has 0 bridgehead atoms. The summed E-state index contributed by atoms with van der Waals surface area (Å²) in [4.78, 5) is 16.2. The molecular weight excluding hydrogens is 471 g/mol. The first-order valence-corrected chi connectivity index (χ1v) is 9.70. The number of hydrogen-bond donors (Lipinski definition) is 3. The monoisotopic (exact) mass is 504 g/mol. The van der Waals surface area contributed by atoms with E-state index in [2.05, 4.69) is 27.9 Å². The van der Waals surface area contributed by atoms with E-state index in [4.69, 9.17) is 9.47 Å². The van der Waals surface area contributed by atoms with Crippen molar-refractivity contribution >= 4 is 41.5 Å². The van der Waals surface area contributed by atoms with Crippen molar-refractivity contribution < 1.29 is 14.3 Å². The third kappa shape index (κ3) is 9.70. The minimum absolute atomic E-state index is 0. The van der Waals surface area contributed by atoms with Crippen LogP contribution in [0.15, 0.2) is 29.3 Å². The average Bonchev–Trinajstić information content (AvgIpc) is 3.20. The van der Waals surface area contributed by atoms with Gasteiger partial charge in [0.15, 0.2) is 5.96 Å². The molecule has 1 aromatic rings. The highest BCUT2D eigenvalue weighted by molar-refractivity contribution is 14.0. The predicted octanol–water partition coefficient (Wildman–Crippen LogP) is 2.41. The molecule has 3 N–H and O–H groups in total. The third-order valence-electron chi connectivity index (χ3n) is 4.39. The molecular formula is C20H33IN4O3. The van der Waals surface area contributed by atoms with Crippen molar-refractivity contribution in [3.05, 3.63) is 29.8 Å². The zero-order chi connectivity index (χ0) is 19.3. The van der Waals surface area contributed by atoms with Crippen molar-refractivity contribution in [1.82, 2.24) is 10.6 Å².